The lowest BCUT2D eigenvalue weighted by molar-refractivity contribution is 0.316. The van der Waals surface area contributed by atoms with Crippen LogP contribution in [-0.2, 0) is 23.3 Å². The predicted octanol–water partition coefficient (Wildman–Crippen LogP) is 4.10. The van der Waals surface area contributed by atoms with Crippen molar-refractivity contribution in [2.45, 2.75) is 26.4 Å². The minimum atomic E-state index is -3.55. The van der Waals surface area contributed by atoms with Crippen LogP contribution in [-0.4, -0.2) is 47.5 Å². The van der Waals surface area contributed by atoms with Crippen LogP contribution in [0.4, 0.5) is 0 Å². The molecule has 1 aromatic heterocycles. The first kappa shape index (κ1) is 21.8. The molecule has 164 valence electrons. The predicted molar refractivity (Wildman–Crippen MR) is 122 cm³/mol. The highest BCUT2D eigenvalue weighted by Crippen LogP contribution is 2.38. The Kier molecular flexibility index (Phi) is 6.07. The molecule has 2 aromatic carbocycles. The molecule has 0 saturated carbocycles. The topological polar surface area (TPSA) is 67.7 Å². The third kappa shape index (κ3) is 4.08. The molecular weight excluding hydrogens is 436 g/mol. The van der Waals surface area contributed by atoms with Gasteiger partial charge in [0.2, 0.25) is 0 Å². The molecule has 0 fully saturated rings. The molecule has 0 unspecified atom stereocenters. The molecule has 0 saturated heterocycles. The summed E-state index contributed by atoms with van der Waals surface area (Å²) in [6, 6.07) is 15.2. The molecule has 7 nitrogen and oxygen atoms in total. The van der Waals surface area contributed by atoms with E-state index in [1.165, 1.54) is 22.7 Å². The summed E-state index contributed by atoms with van der Waals surface area (Å²) in [6.45, 7) is 3.14. The Balaban J connectivity index is 1.86. The van der Waals surface area contributed by atoms with E-state index in [0.717, 1.165) is 40.4 Å². The summed E-state index contributed by atoms with van der Waals surface area (Å²) in [6.07, 6.45) is 0.894. The summed E-state index contributed by atoms with van der Waals surface area (Å²) in [5.74, 6) is 0.735. The zero-order valence-corrected chi connectivity index (χ0v) is 19.3. The fraction of sp³-hybridized carbons (Fsp3) is 0.318. The lowest BCUT2D eigenvalue weighted by Gasteiger charge is -2.21. The molecule has 0 aliphatic carbocycles. The second-order valence-corrected chi connectivity index (χ2v) is 10.1. The van der Waals surface area contributed by atoms with Crippen LogP contribution >= 0.6 is 11.6 Å². The fourth-order valence-electron chi connectivity index (χ4n) is 3.63. The van der Waals surface area contributed by atoms with Crippen molar-refractivity contribution in [1.82, 2.24) is 18.4 Å². The van der Waals surface area contributed by atoms with Crippen molar-refractivity contribution in [3.8, 4) is 22.7 Å². The maximum Gasteiger partial charge on any atom is 0.282 e. The summed E-state index contributed by atoms with van der Waals surface area (Å²) >= 11 is 6.11. The van der Waals surface area contributed by atoms with Gasteiger partial charge in [0, 0.05) is 36.8 Å². The largest absolute Gasteiger partial charge is 0.491 e. The molecule has 0 N–H and O–H groups in total. The normalized spacial score (nSPS) is 14.2. The number of para-hydroxylation sites is 2. The van der Waals surface area contributed by atoms with Gasteiger partial charge in [-0.15, -0.1) is 0 Å². The van der Waals surface area contributed by atoms with Crippen LogP contribution in [0.3, 0.4) is 0 Å². The molecule has 2 heterocycles. The van der Waals surface area contributed by atoms with Crippen LogP contribution in [0.15, 0.2) is 48.5 Å². The minimum Gasteiger partial charge on any atom is -0.491 e. The first-order chi connectivity index (χ1) is 14.8. The SMILES string of the molecule is CCCOc1ccccc1-n1nc2c(c1-c1ccc(Cl)cc1)CN(S(=O)(=O)N(C)C)C2. The van der Waals surface area contributed by atoms with Crippen molar-refractivity contribution in [2.75, 3.05) is 20.7 Å². The van der Waals surface area contributed by atoms with E-state index in [4.69, 9.17) is 21.4 Å². The monoisotopic (exact) mass is 460 g/mol. The molecule has 3 aromatic rings. The van der Waals surface area contributed by atoms with Crippen LogP contribution in [0, 0.1) is 0 Å². The molecule has 1 aliphatic rings. The van der Waals surface area contributed by atoms with Gasteiger partial charge in [0.05, 0.1) is 24.5 Å². The summed E-state index contributed by atoms with van der Waals surface area (Å²) in [5, 5.41) is 5.46. The van der Waals surface area contributed by atoms with E-state index in [9.17, 15) is 8.42 Å². The van der Waals surface area contributed by atoms with Crippen molar-refractivity contribution in [1.29, 1.82) is 0 Å². The number of ether oxygens (including phenoxy) is 1. The summed E-state index contributed by atoms with van der Waals surface area (Å²) < 4.78 is 35.9. The first-order valence-corrected chi connectivity index (χ1v) is 11.9. The third-order valence-electron chi connectivity index (χ3n) is 5.19. The van der Waals surface area contributed by atoms with Crippen LogP contribution in [0.25, 0.3) is 16.9 Å². The molecule has 0 radical (unpaired) electrons. The Hall–Kier alpha value is -2.39. The second-order valence-electron chi connectivity index (χ2n) is 7.57. The lowest BCUT2D eigenvalue weighted by atomic mass is 10.1. The van der Waals surface area contributed by atoms with Gasteiger partial charge in [-0.1, -0.05) is 42.8 Å². The third-order valence-corrected chi connectivity index (χ3v) is 7.27. The fourth-order valence-corrected chi connectivity index (χ4v) is 4.79. The number of aromatic nitrogens is 2. The van der Waals surface area contributed by atoms with Crippen molar-refractivity contribution >= 4 is 21.8 Å². The van der Waals surface area contributed by atoms with Gasteiger partial charge < -0.3 is 4.74 Å². The summed E-state index contributed by atoms with van der Waals surface area (Å²) in [7, 11) is -0.476. The highest BCUT2D eigenvalue weighted by molar-refractivity contribution is 7.86. The van der Waals surface area contributed by atoms with E-state index in [1.54, 1.807) is 0 Å². The van der Waals surface area contributed by atoms with E-state index < -0.39 is 10.2 Å². The molecule has 0 amide bonds. The number of halogens is 1. The van der Waals surface area contributed by atoms with Gasteiger partial charge in [0.25, 0.3) is 10.2 Å². The highest BCUT2D eigenvalue weighted by Gasteiger charge is 2.36. The number of hydrogen-bond donors (Lipinski definition) is 0. The van der Waals surface area contributed by atoms with Gasteiger partial charge in [0.1, 0.15) is 11.4 Å². The Morgan fingerprint density at radius 1 is 1.10 bits per heavy atom. The zero-order valence-electron chi connectivity index (χ0n) is 17.7. The lowest BCUT2D eigenvalue weighted by Crippen LogP contribution is -2.36. The average Bonchev–Trinajstić information content (AvgIpc) is 3.31. The van der Waals surface area contributed by atoms with Gasteiger partial charge in [-0.05, 0) is 30.7 Å². The Morgan fingerprint density at radius 3 is 2.48 bits per heavy atom. The molecular formula is C22H25ClN4O3S. The maximum absolute atomic E-state index is 12.7. The van der Waals surface area contributed by atoms with E-state index in [1.807, 2.05) is 53.2 Å². The van der Waals surface area contributed by atoms with Crippen LogP contribution in [0.5, 0.6) is 5.75 Å². The first-order valence-electron chi connectivity index (χ1n) is 10.1. The maximum atomic E-state index is 12.7. The van der Waals surface area contributed by atoms with Crippen LogP contribution < -0.4 is 4.74 Å². The zero-order chi connectivity index (χ0) is 22.2. The molecule has 9 heteroatoms. The summed E-state index contributed by atoms with van der Waals surface area (Å²) in [4.78, 5) is 0. The van der Waals surface area contributed by atoms with Crippen molar-refractivity contribution in [2.24, 2.45) is 0 Å². The number of fused-ring (bicyclic) bond motifs is 1. The summed E-state index contributed by atoms with van der Waals surface area (Å²) in [5.41, 5.74) is 4.19. The average molecular weight is 461 g/mol. The number of hydrogen-bond acceptors (Lipinski definition) is 4. The van der Waals surface area contributed by atoms with Gasteiger partial charge in [-0.2, -0.15) is 22.1 Å². The van der Waals surface area contributed by atoms with Gasteiger partial charge >= 0.3 is 0 Å². The molecule has 4 rings (SSSR count). The standard InChI is InChI=1S/C22H25ClN4O3S/c1-4-13-30-21-8-6-5-7-20(21)27-22(16-9-11-17(23)12-10-16)18-14-26(15-19(18)24-27)31(28,29)25(2)3/h5-12H,4,13-15H2,1-3H3. The van der Waals surface area contributed by atoms with Gasteiger partial charge in [-0.25, -0.2) is 4.68 Å². The molecule has 31 heavy (non-hydrogen) atoms. The van der Waals surface area contributed by atoms with E-state index in [0.29, 0.717) is 11.6 Å². The van der Waals surface area contributed by atoms with Crippen molar-refractivity contribution in [3.05, 3.63) is 64.8 Å². The number of benzene rings is 2. The number of nitrogens with zero attached hydrogens (tertiary/aromatic N) is 4. The molecule has 0 spiro atoms. The Bertz CT molecular complexity index is 1190. The smallest absolute Gasteiger partial charge is 0.282 e. The quantitative estimate of drug-likeness (QED) is 0.532. The molecule has 1 aliphatic heterocycles. The van der Waals surface area contributed by atoms with Crippen molar-refractivity contribution < 1.29 is 13.2 Å². The van der Waals surface area contributed by atoms with Gasteiger partial charge in [0.15, 0.2) is 0 Å². The van der Waals surface area contributed by atoms with Crippen LogP contribution in [0.1, 0.15) is 24.6 Å². The second kappa shape index (κ2) is 8.63. The van der Waals surface area contributed by atoms with E-state index >= 15 is 0 Å². The number of rotatable bonds is 7. The minimum absolute atomic E-state index is 0.224. The van der Waals surface area contributed by atoms with Gasteiger partial charge in [-0.3, -0.25) is 0 Å². The molecule has 0 bridgehead atoms. The Morgan fingerprint density at radius 2 is 1.81 bits per heavy atom. The molecule has 0 atom stereocenters. The Labute approximate surface area is 188 Å². The van der Waals surface area contributed by atoms with Crippen LogP contribution in [0.2, 0.25) is 5.02 Å². The van der Waals surface area contributed by atoms with Crippen molar-refractivity contribution in [3.63, 3.8) is 0 Å². The van der Waals surface area contributed by atoms with E-state index in [2.05, 4.69) is 6.92 Å². The highest BCUT2D eigenvalue weighted by atomic mass is 35.5. The van der Waals surface area contributed by atoms with E-state index in [-0.39, 0.29) is 13.1 Å².